The fourth-order valence-corrected chi connectivity index (χ4v) is 2.60. The predicted molar refractivity (Wildman–Crippen MR) is 81.8 cm³/mol. The monoisotopic (exact) mass is 338 g/mol. The summed E-state index contributed by atoms with van der Waals surface area (Å²) in [6.45, 7) is 0. The number of imidazole rings is 1. The molecule has 0 fully saturated rings. The number of benzene rings is 2. The number of hydrogen-bond acceptors (Lipinski definition) is 4. The first-order chi connectivity index (χ1) is 10.4. The lowest BCUT2D eigenvalue weighted by molar-refractivity contribution is 0.0694. The van der Waals surface area contributed by atoms with Gasteiger partial charge in [-0.05, 0) is 24.3 Å². The molecule has 6 nitrogen and oxygen atoms in total. The van der Waals surface area contributed by atoms with Gasteiger partial charge in [0.25, 0.3) is 0 Å². The molecule has 1 aromatic heterocycles. The van der Waals surface area contributed by atoms with E-state index < -0.39 is 11.7 Å². The summed E-state index contributed by atoms with van der Waals surface area (Å²) in [4.78, 5) is 18.0. The number of aromatic amines is 1. The number of halogens is 2. The van der Waals surface area contributed by atoms with E-state index in [4.69, 9.17) is 28.3 Å². The van der Waals surface area contributed by atoms with Gasteiger partial charge in [-0.15, -0.1) is 0 Å². The quantitative estimate of drug-likeness (QED) is 0.570. The fraction of sp³-hybridized carbons (Fsp3) is 0. The van der Waals surface area contributed by atoms with E-state index in [0.717, 1.165) is 0 Å². The van der Waals surface area contributed by atoms with Crippen molar-refractivity contribution in [1.82, 2.24) is 9.97 Å². The van der Waals surface area contributed by atoms with Crippen LogP contribution in [-0.2, 0) is 0 Å². The average Bonchev–Trinajstić information content (AvgIpc) is 2.87. The zero-order chi connectivity index (χ0) is 16.0. The van der Waals surface area contributed by atoms with Gasteiger partial charge in [-0.25, -0.2) is 9.78 Å². The summed E-state index contributed by atoms with van der Waals surface area (Å²) < 4.78 is 0. The number of carbonyl (C=O) groups is 1. The third kappa shape index (κ3) is 2.22. The highest BCUT2D eigenvalue weighted by Crippen LogP contribution is 2.38. The summed E-state index contributed by atoms with van der Waals surface area (Å²) in [6.07, 6.45) is 0. The Morgan fingerprint density at radius 1 is 1.14 bits per heavy atom. The molecule has 22 heavy (non-hydrogen) atoms. The maximum atomic E-state index is 11.0. The van der Waals surface area contributed by atoms with Crippen LogP contribution in [0.5, 0.6) is 11.5 Å². The minimum atomic E-state index is -1.27. The predicted octanol–water partition coefficient (Wildman–Crippen LogP) is 3.65. The van der Waals surface area contributed by atoms with Gasteiger partial charge < -0.3 is 20.3 Å². The van der Waals surface area contributed by atoms with Crippen LogP contribution >= 0.6 is 23.2 Å². The van der Waals surface area contributed by atoms with Crippen molar-refractivity contribution in [2.45, 2.75) is 0 Å². The standard InChI is InChI=1S/C14H8Cl2N2O4/c15-5-3-7(11(19)8(16)4-5)13-17-9-2-1-6(14(21)22)12(20)10(9)18-13/h1-4,19-20H,(H,17,18)(H,21,22). The Morgan fingerprint density at radius 3 is 2.55 bits per heavy atom. The van der Waals surface area contributed by atoms with E-state index in [0.29, 0.717) is 10.5 Å². The molecule has 0 aliphatic carbocycles. The summed E-state index contributed by atoms with van der Waals surface area (Å²) in [7, 11) is 0. The number of phenols is 2. The largest absolute Gasteiger partial charge is 0.506 e. The summed E-state index contributed by atoms with van der Waals surface area (Å²) in [5.41, 5.74) is 0.460. The smallest absolute Gasteiger partial charge is 0.339 e. The molecule has 0 atom stereocenters. The van der Waals surface area contributed by atoms with E-state index in [1.165, 1.54) is 24.3 Å². The lowest BCUT2D eigenvalue weighted by Crippen LogP contribution is -1.96. The fourth-order valence-electron chi connectivity index (χ4n) is 2.11. The van der Waals surface area contributed by atoms with Crippen molar-refractivity contribution in [3.8, 4) is 22.9 Å². The maximum Gasteiger partial charge on any atom is 0.339 e. The van der Waals surface area contributed by atoms with E-state index in [9.17, 15) is 15.0 Å². The van der Waals surface area contributed by atoms with Crippen molar-refractivity contribution in [2.75, 3.05) is 0 Å². The van der Waals surface area contributed by atoms with Crippen molar-refractivity contribution in [2.24, 2.45) is 0 Å². The van der Waals surface area contributed by atoms with Gasteiger partial charge in [0, 0.05) is 5.02 Å². The van der Waals surface area contributed by atoms with Crippen molar-refractivity contribution in [3.63, 3.8) is 0 Å². The maximum absolute atomic E-state index is 11.0. The van der Waals surface area contributed by atoms with Crippen molar-refractivity contribution in [3.05, 3.63) is 39.9 Å². The molecule has 0 saturated heterocycles. The molecule has 0 saturated carbocycles. The first kappa shape index (κ1) is 14.5. The van der Waals surface area contributed by atoms with Gasteiger partial charge in [-0.1, -0.05) is 23.2 Å². The molecule has 4 N–H and O–H groups in total. The second-order valence-electron chi connectivity index (χ2n) is 4.53. The molecule has 0 spiro atoms. The van der Waals surface area contributed by atoms with Crippen LogP contribution in [0.15, 0.2) is 24.3 Å². The van der Waals surface area contributed by atoms with Crippen molar-refractivity contribution < 1.29 is 20.1 Å². The molecule has 0 aliphatic heterocycles. The minimum absolute atomic E-state index is 0.0541. The van der Waals surface area contributed by atoms with Crippen LogP contribution < -0.4 is 0 Å². The number of nitrogens with one attached hydrogen (secondary N) is 1. The topological polar surface area (TPSA) is 106 Å². The third-order valence-corrected chi connectivity index (χ3v) is 3.65. The van der Waals surface area contributed by atoms with E-state index in [1.54, 1.807) is 0 Å². The average molecular weight is 339 g/mol. The van der Waals surface area contributed by atoms with Crippen molar-refractivity contribution in [1.29, 1.82) is 0 Å². The molecule has 0 amide bonds. The number of carboxylic acid groups (broad SMARTS) is 1. The number of phenolic OH excluding ortho intramolecular Hbond substituents is 1. The van der Waals surface area contributed by atoms with Crippen LogP contribution in [0, 0.1) is 0 Å². The molecule has 3 aromatic rings. The SMILES string of the molecule is O=C(O)c1ccc2[nH]c(-c3cc(Cl)cc(Cl)c3O)nc2c1O. The Balaban J connectivity index is 2.26. The van der Waals surface area contributed by atoms with Gasteiger partial charge >= 0.3 is 5.97 Å². The number of H-pyrrole nitrogens is 1. The van der Waals surface area contributed by atoms with E-state index in [-0.39, 0.29) is 33.2 Å². The summed E-state index contributed by atoms with van der Waals surface area (Å²) in [5, 5.41) is 29.3. The number of fused-ring (bicyclic) bond motifs is 1. The van der Waals surface area contributed by atoms with Gasteiger partial charge in [0.05, 0.1) is 16.1 Å². The molecule has 8 heteroatoms. The van der Waals surface area contributed by atoms with Gasteiger partial charge in [-0.2, -0.15) is 0 Å². The minimum Gasteiger partial charge on any atom is -0.506 e. The Hall–Kier alpha value is -2.44. The highest BCUT2D eigenvalue weighted by Gasteiger charge is 2.18. The normalized spacial score (nSPS) is 11.0. The highest BCUT2D eigenvalue weighted by molar-refractivity contribution is 6.36. The van der Waals surface area contributed by atoms with E-state index in [2.05, 4.69) is 9.97 Å². The second kappa shape index (κ2) is 5.08. The molecular formula is C14H8Cl2N2O4. The highest BCUT2D eigenvalue weighted by atomic mass is 35.5. The molecule has 3 rings (SSSR count). The number of hydrogen-bond donors (Lipinski definition) is 4. The number of aromatic nitrogens is 2. The first-order valence-electron chi connectivity index (χ1n) is 6.02. The molecule has 1 heterocycles. The zero-order valence-electron chi connectivity index (χ0n) is 10.8. The van der Waals surface area contributed by atoms with Crippen LogP contribution in [0.1, 0.15) is 10.4 Å². The van der Waals surface area contributed by atoms with Crippen LogP contribution in [0.4, 0.5) is 0 Å². The molecular weight excluding hydrogens is 331 g/mol. The number of nitrogens with zero attached hydrogens (tertiary/aromatic N) is 1. The summed E-state index contributed by atoms with van der Waals surface area (Å²) >= 11 is 11.8. The van der Waals surface area contributed by atoms with Crippen molar-refractivity contribution >= 4 is 40.2 Å². The number of aromatic carboxylic acids is 1. The lowest BCUT2D eigenvalue weighted by atomic mass is 10.2. The van der Waals surface area contributed by atoms with E-state index in [1.807, 2.05) is 0 Å². The van der Waals surface area contributed by atoms with Gasteiger partial charge in [0.15, 0.2) is 5.75 Å². The molecule has 0 unspecified atom stereocenters. The van der Waals surface area contributed by atoms with E-state index >= 15 is 0 Å². The Morgan fingerprint density at radius 2 is 1.86 bits per heavy atom. The Kier molecular flexibility index (Phi) is 3.35. The summed E-state index contributed by atoms with van der Waals surface area (Å²) in [5.74, 6) is -1.74. The molecule has 2 aromatic carbocycles. The molecule has 0 radical (unpaired) electrons. The Bertz CT molecular complexity index is 921. The van der Waals surface area contributed by atoms with Gasteiger partial charge in [-0.3, -0.25) is 0 Å². The first-order valence-corrected chi connectivity index (χ1v) is 6.77. The number of rotatable bonds is 2. The van der Waals surface area contributed by atoms with Crippen LogP contribution in [0.3, 0.4) is 0 Å². The number of carboxylic acids is 1. The molecule has 0 aliphatic rings. The summed E-state index contributed by atoms with van der Waals surface area (Å²) in [6, 6.07) is 5.56. The molecule has 112 valence electrons. The third-order valence-electron chi connectivity index (χ3n) is 3.14. The second-order valence-corrected chi connectivity index (χ2v) is 5.38. The zero-order valence-corrected chi connectivity index (χ0v) is 12.3. The Labute approximate surface area is 133 Å². The van der Waals surface area contributed by atoms with Crippen LogP contribution in [-0.4, -0.2) is 31.3 Å². The van der Waals surface area contributed by atoms with Crippen LogP contribution in [0.2, 0.25) is 10.0 Å². The lowest BCUT2D eigenvalue weighted by Gasteiger charge is -2.04. The van der Waals surface area contributed by atoms with Crippen LogP contribution in [0.25, 0.3) is 22.4 Å². The number of aromatic hydroxyl groups is 2. The molecule has 0 bridgehead atoms. The van der Waals surface area contributed by atoms with Gasteiger partial charge in [0.2, 0.25) is 0 Å². The van der Waals surface area contributed by atoms with Gasteiger partial charge in [0.1, 0.15) is 22.7 Å².